The lowest BCUT2D eigenvalue weighted by Crippen LogP contribution is -2.53. The number of hydrogen-bond acceptors (Lipinski definition) is 5. The zero-order chi connectivity index (χ0) is 32.4. The number of benzene rings is 3. The molecule has 0 bridgehead atoms. The van der Waals surface area contributed by atoms with Crippen molar-refractivity contribution in [2.24, 2.45) is 0 Å². The van der Waals surface area contributed by atoms with Crippen LogP contribution in [-0.2, 0) is 20.7 Å². The van der Waals surface area contributed by atoms with Crippen LogP contribution in [0.15, 0.2) is 66.7 Å². The summed E-state index contributed by atoms with van der Waals surface area (Å²) in [4.78, 5) is 43.5. The second-order valence-electron chi connectivity index (χ2n) is 12.4. The minimum Gasteiger partial charge on any atom is -0.508 e. The molecule has 8 nitrogen and oxygen atoms in total. The van der Waals surface area contributed by atoms with Crippen molar-refractivity contribution in [3.05, 3.63) is 94.5 Å². The van der Waals surface area contributed by atoms with Gasteiger partial charge in [0.2, 0.25) is 5.91 Å². The molecule has 0 radical (unpaired) electrons. The lowest BCUT2D eigenvalue weighted by molar-refractivity contribution is -0.140. The third kappa shape index (κ3) is 9.86. The minimum atomic E-state index is -1.03. The van der Waals surface area contributed by atoms with Crippen LogP contribution in [0.1, 0.15) is 80.8 Å². The Morgan fingerprint density at radius 3 is 2.20 bits per heavy atom. The van der Waals surface area contributed by atoms with Crippen LogP contribution in [0.3, 0.4) is 0 Å². The molecule has 2 atom stereocenters. The Kier molecular flexibility index (Phi) is 12.0. The number of phenolic OH excluding ortho intramolecular Hbond substituents is 1. The first-order valence-electron chi connectivity index (χ1n) is 15.3. The number of para-hydroxylation sites is 1. The highest BCUT2D eigenvalue weighted by Crippen LogP contribution is 2.29. The van der Waals surface area contributed by atoms with Gasteiger partial charge in [0, 0.05) is 18.7 Å². The van der Waals surface area contributed by atoms with Crippen LogP contribution < -0.4 is 10.6 Å². The van der Waals surface area contributed by atoms with E-state index in [4.69, 9.17) is 4.74 Å². The van der Waals surface area contributed by atoms with Gasteiger partial charge in [-0.25, -0.2) is 4.79 Å². The van der Waals surface area contributed by atoms with Gasteiger partial charge in [-0.1, -0.05) is 73.9 Å². The van der Waals surface area contributed by atoms with E-state index in [1.165, 1.54) is 12.1 Å². The maximum Gasteiger partial charge on any atom is 0.408 e. The highest BCUT2D eigenvalue weighted by atomic mass is 16.6. The third-order valence-electron chi connectivity index (χ3n) is 7.33. The molecule has 44 heavy (non-hydrogen) atoms. The van der Waals surface area contributed by atoms with Crippen molar-refractivity contribution in [2.75, 3.05) is 11.9 Å². The van der Waals surface area contributed by atoms with Crippen LogP contribution in [0, 0.1) is 20.8 Å². The van der Waals surface area contributed by atoms with Crippen LogP contribution >= 0.6 is 0 Å². The van der Waals surface area contributed by atoms with Gasteiger partial charge in [0.05, 0.1) is 0 Å². The van der Waals surface area contributed by atoms with E-state index < -0.39 is 29.7 Å². The highest BCUT2D eigenvalue weighted by molar-refractivity contribution is 5.99. The van der Waals surface area contributed by atoms with Gasteiger partial charge in [0.1, 0.15) is 23.4 Å². The summed E-state index contributed by atoms with van der Waals surface area (Å²) in [5, 5.41) is 15.7. The normalized spacial score (nSPS) is 12.6. The predicted octanol–water partition coefficient (Wildman–Crippen LogP) is 7.15. The molecule has 0 saturated carbocycles. The van der Waals surface area contributed by atoms with Crippen LogP contribution in [0.25, 0.3) is 0 Å². The number of hydrogen-bond donors (Lipinski definition) is 3. The van der Waals surface area contributed by atoms with E-state index in [0.29, 0.717) is 24.2 Å². The molecular weight excluding hydrogens is 554 g/mol. The largest absolute Gasteiger partial charge is 0.508 e. The number of ether oxygens (including phenoxy) is 1. The molecule has 3 rings (SSSR count). The number of rotatable bonds is 12. The van der Waals surface area contributed by atoms with Gasteiger partial charge in [-0.05, 0) is 88.4 Å². The Bertz CT molecular complexity index is 1430. The molecule has 3 N–H and O–H groups in total. The molecule has 3 aromatic carbocycles. The summed E-state index contributed by atoms with van der Waals surface area (Å²) in [7, 11) is 0. The summed E-state index contributed by atoms with van der Waals surface area (Å²) in [6.07, 6.45) is 1.89. The zero-order valence-electron chi connectivity index (χ0n) is 27.1. The monoisotopic (exact) mass is 601 g/mol. The number of aromatic hydroxyl groups is 1. The number of carbonyl (C=O) groups is 3. The fourth-order valence-electron chi connectivity index (χ4n) is 5.11. The molecule has 0 aliphatic heterocycles. The quantitative estimate of drug-likeness (QED) is 0.191. The molecule has 0 aliphatic carbocycles. The molecule has 2 unspecified atom stereocenters. The van der Waals surface area contributed by atoms with Gasteiger partial charge in [-0.3, -0.25) is 9.59 Å². The average molecular weight is 602 g/mol. The van der Waals surface area contributed by atoms with Crippen molar-refractivity contribution < 1.29 is 24.2 Å². The molecule has 236 valence electrons. The number of unbranched alkanes of at least 4 members (excludes halogenated alkanes) is 2. The van der Waals surface area contributed by atoms with E-state index in [-0.39, 0.29) is 18.1 Å². The lowest BCUT2D eigenvalue weighted by Gasteiger charge is -2.35. The first kappa shape index (κ1) is 34.2. The third-order valence-corrected chi connectivity index (χ3v) is 7.33. The summed E-state index contributed by atoms with van der Waals surface area (Å²) in [6.45, 7) is 13.5. The average Bonchev–Trinajstić information content (AvgIpc) is 2.94. The van der Waals surface area contributed by atoms with Crippen molar-refractivity contribution in [3.8, 4) is 5.75 Å². The Morgan fingerprint density at radius 2 is 1.59 bits per heavy atom. The second kappa shape index (κ2) is 15.4. The van der Waals surface area contributed by atoms with E-state index in [9.17, 15) is 19.5 Å². The molecule has 0 heterocycles. The number of nitrogens with one attached hydrogen (secondary N) is 2. The van der Waals surface area contributed by atoms with Gasteiger partial charge < -0.3 is 25.4 Å². The van der Waals surface area contributed by atoms with Gasteiger partial charge >= 0.3 is 6.09 Å². The molecular formula is C36H47N3O5. The number of nitrogens with zero attached hydrogens (tertiary/aromatic N) is 1. The second-order valence-corrected chi connectivity index (χ2v) is 12.4. The molecule has 0 fully saturated rings. The molecule has 3 amide bonds. The molecule has 0 aromatic heterocycles. The topological polar surface area (TPSA) is 108 Å². The zero-order valence-corrected chi connectivity index (χ0v) is 27.1. The Labute approximate surface area is 261 Å². The molecule has 0 spiro atoms. The number of alkyl carbamates (subject to hydrolysis) is 1. The number of phenols is 1. The predicted molar refractivity (Wildman–Crippen MR) is 175 cm³/mol. The Hall–Kier alpha value is -4.33. The first-order chi connectivity index (χ1) is 20.8. The summed E-state index contributed by atoms with van der Waals surface area (Å²) in [5.41, 5.74) is 4.18. The van der Waals surface area contributed by atoms with E-state index in [1.54, 1.807) is 37.8 Å². The van der Waals surface area contributed by atoms with Crippen LogP contribution in [-0.4, -0.2) is 46.1 Å². The van der Waals surface area contributed by atoms with Crippen molar-refractivity contribution in [3.63, 3.8) is 0 Å². The van der Waals surface area contributed by atoms with Crippen LogP contribution in [0.2, 0.25) is 0 Å². The fraction of sp³-hybridized carbons (Fsp3) is 0.417. The van der Waals surface area contributed by atoms with E-state index in [1.807, 2.05) is 63.2 Å². The van der Waals surface area contributed by atoms with Crippen molar-refractivity contribution >= 4 is 23.6 Å². The lowest BCUT2D eigenvalue weighted by atomic mass is 9.95. The number of aryl methyl sites for hydroxylation is 3. The molecule has 8 heteroatoms. The van der Waals surface area contributed by atoms with Crippen molar-refractivity contribution in [2.45, 2.75) is 91.8 Å². The number of anilines is 1. The first-order valence-corrected chi connectivity index (χ1v) is 15.3. The summed E-state index contributed by atoms with van der Waals surface area (Å²) < 4.78 is 5.53. The molecule has 0 aliphatic rings. The van der Waals surface area contributed by atoms with Crippen LogP contribution in [0.5, 0.6) is 5.75 Å². The smallest absolute Gasteiger partial charge is 0.408 e. The Morgan fingerprint density at radius 1 is 0.909 bits per heavy atom. The van der Waals surface area contributed by atoms with Crippen molar-refractivity contribution in [1.82, 2.24) is 10.2 Å². The minimum absolute atomic E-state index is 0.0979. The summed E-state index contributed by atoms with van der Waals surface area (Å²) in [5.74, 6) is -0.637. The van der Waals surface area contributed by atoms with E-state index in [2.05, 4.69) is 17.6 Å². The standard InChI is InChI=1S/C36H47N3O5/c1-8-9-12-21-39(34(42)31(38-35(43)44-36(5,6)7)23-27-16-18-28(40)19-17-27)32(29-20-15-24(2)22-26(29)4)33(41)37-30-14-11-10-13-25(30)3/h10-11,13-20,22,31-32,40H,8-9,12,21,23H2,1-7H3,(H,37,41)(H,38,43). The van der Waals surface area contributed by atoms with Gasteiger partial charge in [-0.15, -0.1) is 0 Å². The number of amides is 3. The SMILES string of the molecule is CCCCCN(C(=O)C(Cc1ccc(O)cc1)NC(=O)OC(C)(C)C)C(C(=O)Nc1ccccc1C)c1ccc(C)cc1C. The highest BCUT2D eigenvalue weighted by Gasteiger charge is 2.37. The summed E-state index contributed by atoms with van der Waals surface area (Å²) in [6, 6.07) is 17.9. The molecule has 3 aromatic rings. The maximum atomic E-state index is 14.7. The van der Waals surface area contributed by atoms with E-state index in [0.717, 1.165) is 35.1 Å². The van der Waals surface area contributed by atoms with E-state index >= 15 is 0 Å². The van der Waals surface area contributed by atoms with Crippen molar-refractivity contribution in [1.29, 1.82) is 0 Å². The van der Waals surface area contributed by atoms with Gasteiger partial charge in [0.25, 0.3) is 5.91 Å². The maximum absolute atomic E-state index is 14.7. The molecule has 0 saturated heterocycles. The van der Waals surface area contributed by atoms with Gasteiger partial charge in [-0.2, -0.15) is 0 Å². The Balaban J connectivity index is 2.11. The van der Waals surface area contributed by atoms with Crippen LogP contribution in [0.4, 0.5) is 10.5 Å². The van der Waals surface area contributed by atoms with Gasteiger partial charge in [0.15, 0.2) is 0 Å². The summed E-state index contributed by atoms with van der Waals surface area (Å²) >= 11 is 0. The fourth-order valence-corrected chi connectivity index (χ4v) is 5.11. The number of carbonyl (C=O) groups excluding carboxylic acids is 3.